The van der Waals surface area contributed by atoms with Crippen molar-refractivity contribution in [3.63, 3.8) is 0 Å². The molecule has 0 radical (unpaired) electrons. The zero-order chi connectivity index (χ0) is 13.3. The molecule has 1 atom stereocenters. The quantitative estimate of drug-likeness (QED) is 0.719. The second-order valence-corrected chi connectivity index (χ2v) is 3.62. The Labute approximate surface area is 100 Å². The standard InChI is InChI=1S/C9H14O3.C3H4O2/c1-7(9(10)11)4-5-8-3-2-6-12-8;1-2-3(4)5/h8H,1-6H2,(H,10,11);2H,1H2,(H,4,5). The average Bonchev–Trinajstić information content (AvgIpc) is 2.79. The summed E-state index contributed by atoms with van der Waals surface area (Å²) < 4.78 is 5.35. The van der Waals surface area contributed by atoms with E-state index in [0.717, 1.165) is 31.9 Å². The Morgan fingerprint density at radius 1 is 1.41 bits per heavy atom. The summed E-state index contributed by atoms with van der Waals surface area (Å²) in [5.41, 5.74) is 0.283. The number of carboxylic acid groups (broad SMARTS) is 2. The molecule has 0 saturated carbocycles. The van der Waals surface area contributed by atoms with Gasteiger partial charge in [-0.05, 0) is 25.7 Å². The molecule has 1 aliphatic heterocycles. The van der Waals surface area contributed by atoms with E-state index in [1.807, 2.05) is 0 Å². The van der Waals surface area contributed by atoms with Crippen LogP contribution in [0, 0.1) is 0 Å². The molecular weight excluding hydrogens is 224 g/mol. The van der Waals surface area contributed by atoms with Gasteiger partial charge in [0, 0.05) is 18.3 Å². The molecule has 1 fully saturated rings. The monoisotopic (exact) mass is 242 g/mol. The minimum absolute atomic E-state index is 0.265. The van der Waals surface area contributed by atoms with Crippen LogP contribution in [0.25, 0.3) is 0 Å². The normalized spacial score (nSPS) is 17.8. The Hall–Kier alpha value is -1.62. The van der Waals surface area contributed by atoms with Crippen molar-refractivity contribution in [2.45, 2.75) is 31.8 Å². The fourth-order valence-corrected chi connectivity index (χ4v) is 1.31. The van der Waals surface area contributed by atoms with Gasteiger partial charge in [-0.2, -0.15) is 0 Å². The highest BCUT2D eigenvalue weighted by atomic mass is 16.5. The first-order chi connectivity index (χ1) is 7.97. The minimum Gasteiger partial charge on any atom is -0.478 e. The smallest absolute Gasteiger partial charge is 0.330 e. The van der Waals surface area contributed by atoms with Crippen molar-refractivity contribution in [1.82, 2.24) is 0 Å². The SMILES string of the molecule is C=C(CCC1CCCO1)C(=O)O.C=CC(=O)O. The Bertz CT molecular complexity index is 289. The van der Waals surface area contributed by atoms with Crippen molar-refractivity contribution in [3.05, 3.63) is 24.8 Å². The van der Waals surface area contributed by atoms with Crippen molar-refractivity contribution in [2.24, 2.45) is 0 Å². The van der Waals surface area contributed by atoms with Crippen molar-refractivity contribution < 1.29 is 24.5 Å². The first-order valence-corrected chi connectivity index (χ1v) is 5.35. The molecule has 17 heavy (non-hydrogen) atoms. The summed E-state index contributed by atoms with van der Waals surface area (Å²) in [7, 11) is 0. The summed E-state index contributed by atoms with van der Waals surface area (Å²) in [4.78, 5) is 19.6. The zero-order valence-electron chi connectivity index (χ0n) is 9.72. The van der Waals surface area contributed by atoms with Gasteiger partial charge in [-0.1, -0.05) is 13.2 Å². The van der Waals surface area contributed by atoms with Crippen molar-refractivity contribution >= 4 is 11.9 Å². The molecular formula is C12H18O5. The van der Waals surface area contributed by atoms with Crippen molar-refractivity contribution in [3.8, 4) is 0 Å². The van der Waals surface area contributed by atoms with Gasteiger partial charge in [-0.3, -0.25) is 0 Å². The summed E-state index contributed by atoms with van der Waals surface area (Å²) in [6.07, 6.45) is 4.60. The van der Waals surface area contributed by atoms with Gasteiger partial charge in [0.25, 0.3) is 0 Å². The van der Waals surface area contributed by atoms with E-state index in [9.17, 15) is 9.59 Å². The second-order valence-electron chi connectivity index (χ2n) is 3.62. The second kappa shape index (κ2) is 8.52. The van der Waals surface area contributed by atoms with E-state index in [0.29, 0.717) is 6.42 Å². The number of carbonyl (C=O) groups is 2. The first-order valence-electron chi connectivity index (χ1n) is 5.35. The first kappa shape index (κ1) is 15.4. The maximum Gasteiger partial charge on any atom is 0.330 e. The molecule has 0 aliphatic carbocycles. The molecule has 0 bridgehead atoms. The summed E-state index contributed by atoms with van der Waals surface area (Å²) >= 11 is 0. The highest BCUT2D eigenvalue weighted by molar-refractivity contribution is 5.85. The van der Waals surface area contributed by atoms with Crippen LogP contribution in [0.2, 0.25) is 0 Å². The number of carboxylic acids is 2. The van der Waals surface area contributed by atoms with Gasteiger partial charge in [0.1, 0.15) is 0 Å². The maximum absolute atomic E-state index is 10.4. The number of rotatable bonds is 5. The third kappa shape index (κ3) is 8.21. The van der Waals surface area contributed by atoms with Gasteiger partial charge in [-0.25, -0.2) is 9.59 Å². The minimum atomic E-state index is -0.981. The number of hydrogen-bond acceptors (Lipinski definition) is 3. The van der Waals surface area contributed by atoms with E-state index in [-0.39, 0.29) is 11.7 Å². The molecule has 5 heteroatoms. The highest BCUT2D eigenvalue weighted by Crippen LogP contribution is 2.18. The highest BCUT2D eigenvalue weighted by Gasteiger charge is 2.16. The molecule has 0 amide bonds. The number of ether oxygens (including phenoxy) is 1. The Balaban J connectivity index is 0.000000437. The van der Waals surface area contributed by atoms with E-state index >= 15 is 0 Å². The Kier molecular flexibility index (Phi) is 7.71. The molecule has 1 saturated heterocycles. The fourth-order valence-electron chi connectivity index (χ4n) is 1.31. The van der Waals surface area contributed by atoms with Crippen LogP contribution in [0.3, 0.4) is 0 Å². The third-order valence-corrected chi connectivity index (χ3v) is 2.27. The Morgan fingerprint density at radius 3 is 2.35 bits per heavy atom. The van der Waals surface area contributed by atoms with Gasteiger partial charge in [0.2, 0.25) is 0 Å². The van der Waals surface area contributed by atoms with Gasteiger partial charge in [0.05, 0.1) is 6.10 Å². The van der Waals surface area contributed by atoms with E-state index in [1.54, 1.807) is 0 Å². The predicted octanol–water partition coefficient (Wildman–Crippen LogP) is 1.84. The summed E-state index contributed by atoms with van der Waals surface area (Å²) in [5, 5.41) is 16.1. The lowest BCUT2D eigenvalue weighted by Crippen LogP contribution is -2.07. The molecule has 96 valence electrons. The van der Waals surface area contributed by atoms with Crippen molar-refractivity contribution in [2.75, 3.05) is 6.61 Å². The molecule has 5 nitrogen and oxygen atoms in total. The summed E-state index contributed by atoms with van der Waals surface area (Å²) in [5.74, 6) is -1.88. The lowest BCUT2D eigenvalue weighted by molar-refractivity contribution is -0.133. The topological polar surface area (TPSA) is 83.8 Å². The van der Waals surface area contributed by atoms with Crippen LogP contribution in [-0.2, 0) is 14.3 Å². The van der Waals surface area contributed by atoms with E-state index in [4.69, 9.17) is 14.9 Å². The van der Waals surface area contributed by atoms with Gasteiger partial charge in [0.15, 0.2) is 0 Å². The molecule has 2 N–H and O–H groups in total. The fraction of sp³-hybridized carbons (Fsp3) is 0.500. The van der Waals surface area contributed by atoms with Crippen LogP contribution in [0.4, 0.5) is 0 Å². The molecule has 1 unspecified atom stereocenters. The molecule has 0 spiro atoms. The summed E-state index contributed by atoms with van der Waals surface area (Å²) in [6, 6.07) is 0. The van der Waals surface area contributed by atoms with Gasteiger partial charge < -0.3 is 14.9 Å². The van der Waals surface area contributed by atoms with Crippen molar-refractivity contribution in [1.29, 1.82) is 0 Å². The van der Waals surface area contributed by atoms with Crippen LogP contribution in [0.5, 0.6) is 0 Å². The van der Waals surface area contributed by atoms with Crippen LogP contribution >= 0.6 is 0 Å². The van der Waals surface area contributed by atoms with Crippen LogP contribution < -0.4 is 0 Å². The van der Waals surface area contributed by atoms with Crippen LogP contribution in [0.15, 0.2) is 24.8 Å². The largest absolute Gasteiger partial charge is 0.478 e. The molecule has 1 heterocycles. The van der Waals surface area contributed by atoms with Crippen LogP contribution in [0.1, 0.15) is 25.7 Å². The molecule has 1 rings (SSSR count). The molecule has 0 aromatic heterocycles. The van der Waals surface area contributed by atoms with E-state index < -0.39 is 11.9 Å². The van der Waals surface area contributed by atoms with E-state index in [2.05, 4.69) is 13.2 Å². The van der Waals surface area contributed by atoms with Crippen LogP contribution in [-0.4, -0.2) is 34.9 Å². The lowest BCUT2D eigenvalue weighted by atomic mass is 10.1. The van der Waals surface area contributed by atoms with Gasteiger partial charge in [-0.15, -0.1) is 0 Å². The molecule has 0 aromatic rings. The number of aliphatic carboxylic acids is 2. The van der Waals surface area contributed by atoms with E-state index in [1.165, 1.54) is 0 Å². The third-order valence-electron chi connectivity index (χ3n) is 2.27. The summed E-state index contributed by atoms with van der Waals surface area (Å²) in [6.45, 7) is 7.24. The Morgan fingerprint density at radius 2 is 2.00 bits per heavy atom. The van der Waals surface area contributed by atoms with Gasteiger partial charge >= 0.3 is 11.9 Å². The lowest BCUT2D eigenvalue weighted by Gasteiger charge is -2.07. The number of hydrogen-bond donors (Lipinski definition) is 2. The predicted molar refractivity (Wildman–Crippen MR) is 62.8 cm³/mol. The maximum atomic E-state index is 10.4. The molecule has 0 aromatic carbocycles. The average molecular weight is 242 g/mol. The zero-order valence-corrected chi connectivity index (χ0v) is 9.72. The molecule has 1 aliphatic rings.